The van der Waals surface area contributed by atoms with Crippen molar-refractivity contribution >= 4 is 92.4 Å². The van der Waals surface area contributed by atoms with E-state index in [4.69, 9.17) is 28.6 Å². The SMILES string of the molecule is C/C=C1\CCc2cc(N)ccc2C1=O.C/C=C1\CCc2cc(NC(=O)CCC3CCCCC3)ccc2C1=O.C/C=C1\CCc2cc(NC(=O)c3ccc(C(C)=N)cc3)ccc2C1=O.[Ac].[C-]#[N+]c1ccc(C(=O)Nc2ccc3c(c2)CC/C(=C\C)C3=O)cc1.[NH-]c1ccc2c(c1)CC/C(=C\C(=O)O)C2=O. The number of nitrogens with one attached hydrogen (secondary N) is 5. The normalized spacial score (nSPS) is 16.8. The van der Waals surface area contributed by atoms with Gasteiger partial charge in [-0.1, -0.05) is 111 Å². The number of nitrogens with two attached hydrogens (primary N) is 1. The van der Waals surface area contributed by atoms with E-state index in [0.29, 0.717) is 75.6 Å². The molecule has 1 radical (unpaired) electrons. The van der Waals surface area contributed by atoms with Gasteiger partial charge in [0.15, 0.2) is 34.6 Å². The molecule has 0 bridgehead atoms. The van der Waals surface area contributed by atoms with Crippen molar-refractivity contribution in [2.45, 2.75) is 144 Å². The van der Waals surface area contributed by atoms with Crippen LogP contribution in [0.3, 0.4) is 0 Å². The summed E-state index contributed by atoms with van der Waals surface area (Å²) in [6.07, 6.45) is 24.2. The van der Waals surface area contributed by atoms with Crippen LogP contribution >= 0.6 is 0 Å². The molecule has 104 heavy (non-hydrogen) atoms. The van der Waals surface area contributed by atoms with E-state index in [1.54, 1.807) is 104 Å². The van der Waals surface area contributed by atoms with Gasteiger partial charge in [-0.3, -0.25) is 38.4 Å². The van der Waals surface area contributed by atoms with Crippen LogP contribution < -0.4 is 21.7 Å². The fraction of sp³-hybridized carbons (Fsp3) is 0.267. The van der Waals surface area contributed by atoms with E-state index < -0.39 is 5.97 Å². The van der Waals surface area contributed by atoms with Crippen molar-refractivity contribution in [2.75, 3.05) is 21.7 Å². The summed E-state index contributed by atoms with van der Waals surface area (Å²) in [6, 6.07) is 40.3. The molecule has 0 unspecified atom stereocenters. The molecule has 6 aliphatic carbocycles. The van der Waals surface area contributed by atoms with Crippen molar-refractivity contribution in [3.8, 4) is 0 Å². The van der Waals surface area contributed by atoms with Crippen molar-refractivity contribution in [3.63, 3.8) is 0 Å². The molecule has 6 aliphatic rings. The van der Waals surface area contributed by atoms with Gasteiger partial charge in [0, 0.05) is 130 Å². The van der Waals surface area contributed by atoms with Crippen LogP contribution in [0, 0.1) is 62.0 Å². The number of benzene rings is 7. The number of carbonyl (C=O) groups excluding carboxylic acids is 8. The van der Waals surface area contributed by atoms with Gasteiger partial charge >= 0.3 is 5.97 Å². The number of Topliss-reactive ketones (excluding diaryl/α,β-unsaturated/α-hetero) is 5. The zero-order valence-corrected chi connectivity index (χ0v) is 64.2. The van der Waals surface area contributed by atoms with E-state index in [0.717, 1.165) is 154 Å². The summed E-state index contributed by atoms with van der Waals surface area (Å²) in [7, 11) is 0. The molecule has 7 aromatic rings. The molecule has 17 nitrogen and oxygen atoms in total. The maximum atomic E-state index is 12.4. The van der Waals surface area contributed by atoms with Gasteiger partial charge in [-0.15, -0.1) is 5.69 Å². The molecule has 7 aromatic carbocycles. The van der Waals surface area contributed by atoms with E-state index >= 15 is 0 Å². The first-order chi connectivity index (χ1) is 49.6. The zero-order valence-electron chi connectivity index (χ0n) is 59.5. The minimum Gasteiger partial charge on any atom is -0.699 e. The van der Waals surface area contributed by atoms with Gasteiger partial charge in [0.05, 0.1) is 6.57 Å². The molecule has 0 aliphatic heterocycles. The Kier molecular flexibility index (Phi) is 28.8. The first kappa shape index (κ1) is 79.4. The number of carboxylic acids is 1. The number of aliphatic carboxylic acids is 1. The molecular formula is C86H86AcN7O10-. The van der Waals surface area contributed by atoms with Crippen LogP contribution in [0.25, 0.3) is 10.6 Å². The number of carboxylic acid groups (broad SMARTS) is 1. The smallest absolute Gasteiger partial charge is 0.328 e. The quantitative estimate of drug-likeness (QED) is 0.0324. The monoisotopic (exact) mass is 1600 g/mol. The van der Waals surface area contributed by atoms with Crippen LogP contribution in [0.1, 0.15) is 218 Å². The third-order valence-electron chi connectivity index (χ3n) is 19.4. The molecule has 0 spiro atoms. The Morgan fingerprint density at radius 2 is 0.846 bits per heavy atom. The summed E-state index contributed by atoms with van der Waals surface area (Å²) in [5, 5.41) is 24.9. The standard InChI is InChI=1S/C21H20N2O2.C21H27NO2.C20H16N2O2.C12H11NO3.C12H13NO.Ac/c1-3-14-4-9-17-12-18(10-11-19(17)20(14)24)23-21(25)16-7-5-15(6-8-16)13(2)22;1-2-16-9-10-17-14-18(11-12-19(17)21(16)24)22-20(23)13-8-15-6-4-3-5-7-15;1-3-13-4-5-15-12-17(10-11-18(15)19(13)23)22-20(24)14-6-8-16(21-2)9-7-14;13-9-3-4-10-7(5-9)1-2-8(12(10)16)6-11(14)15;1-2-8-3-4-9-7-10(13)5-6-11(9)12(8)14;/h3,5-8,10-12,22H,4,9H2,1-2H3,(H,23,25);2,11-12,14-15H,3-10,13H2,1H3,(H,22,23);3,6-12H,4-5H2,1H3,(H,22,24);3-6H,1-2H2,(H3,13,14,15,16);2,5-7H,3-4,13H2,1H3;/p-1/b14-3+,22-13?;16-2+;13-3+;8-6+;8-2+;. The van der Waals surface area contributed by atoms with Crippen LogP contribution in [0.2, 0.25) is 0 Å². The van der Waals surface area contributed by atoms with Gasteiger partial charge in [0.1, 0.15) is 0 Å². The number of ketones is 5. The van der Waals surface area contributed by atoms with Crippen molar-refractivity contribution in [1.29, 1.82) is 5.41 Å². The van der Waals surface area contributed by atoms with Crippen molar-refractivity contribution in [2.24, 2.45) is 5.92 Å². The molecule has 13 rings (SSSR count). The second-order valence-corrected chi connectivity index (χ2v) is 26.2. The number of nitrogens with zero attached hydrogens (tertiary/aromatic N) is 1. The first-order valence-electron chi connectivity index (χ1n) is 35.0. The van der Waals surface area contributed by atoms with Gasteiger partial charge in [0.25, 0.3) is 11.8 Å². The van der Waals surface area contributed by atoms with Crippen molar-refractivity contribution < 1.29 is 92.3 Å². The Bertz CT molecular complexity index is 4710. The Labute approximate surface area is 643 Å². The number of carbonyl (C=O) groups is 9. The van der Waals surface area contributed by atoms with E-state index in [1.165, 1.54) is 32.1 Å². The van der Waals surface area contributed by atoms with E-state index in [9.17, 15) is 43.2 Å². The molecule has 529 valence electrons. The molecular weight excluding hydrogens is 1520 g/mol. The molecule has 18 heteroatoms. The van der Waals surface area contributed by atoms with Crippen LogP contribution in [0.15, 0.2) is 198 Å². The number of hydrogen-bond acceptors (Lipinski definition) is 11. The van der Waals surface area contributed by atoms with Crippen molar-refractivity contribution in [3.05, 3.63) is 287 Å². The first-order valence-corrected chi connectivity index (χ1v) is 35.0. The van der Waals surface area contributed by atoms with Crippen LogP contribution in [-0.2, 0) is 41.7 Å². The topological polar surface area (TPSA) is 288 Å². The second kappa shape index (κ2) is 37.7. The predicted octanol–water partition coefficient (Wildman–Crippen LogP) is 18.9. The maximum Gasteiger partial charge on any atom is 0.328 e. The second-order valence-electron chi connectivity index (χ2n) is 26.2. The van der Waals surface area contributed by atoms with Gasteiger partial charge in [-0.05, 0) is 252 Å². The molecule has 0 atom stereocenters. The average molecular weight is 1600 g/mol. The van der Waals surface area contributed by atoms with Gasteiger partial charge < -0.3 is 37.9 Å². The Hall–Kier alpha value is -10.3. The summed E-state index contributed by atoms with van der Waals surface area (Å²) >= 11 is 0. The van der Waals surface area contributed by atoms with E-state index in [-0.39, 0.29) is 90.7 Å². The van der Waals surface area contributed by atoms with Gasteiger partial charge in [-0.2, -0.15) is 0 Å². The number of amides is 3. The summed E-state index contributed by atoms with van der Waals surface area (Å²) in [5.74, 6) is -0.490. The van der Waals surface area contributed by atoms with E-state index in [1.807, 2.05) is 94.5 Å². The van der Waals surface area contributed by atoms with Crippen LogP contribution in [0.4, 0.5) is 34.1 Å². The van der Waals surface area contributed by atoms with E-state index in [2.05, 4.69) is 20.8 Å². The molecule has 1 fully saturated rings. The number of hydrogen-bond donors (Lipinski definition) is 6. The molecule has 0 aromatic heterocycles. The fourth-order valence-electron chi connectivity index (χ4n) is 13.5. The maximum absolute atomic E-state index is 12.4. The molecule has 0 saturated heterocycles. The minimum absolute atomic E-state index is 0. The average Bonchev–Trinajstić information content (AvgIpc) is 0.819. The third kappa shape index (κ3) is 20.7. The third-order valence-corrected chi connectivity index (χ3v) is 19.4. The number of fused-ring (bicyclic) bond motifs is 5. The van der Waals surface area contributed by atoms with Crippen LogP contribution in [0.5, 0.6) is 0 Å². The predicted molar refractivity (Wildman–Crippen MR) is 407 cm³/mol. The minimum atomic E-state index is -1.09. The number of anilines is 4. The number of rotatable bonds is 10. The summed E-state index contributed by atoms with van der Waals surface area (Å²) < 4.78 is 0. The molecule has 0 heterocycles. The summed E-state index contributed by atoms with van der Waals surface area (Å²) in [6.45, 7) is 16.2. The Morgan fingerprint density at radius 1 is 0.490 bits per heavy atom. The largest absolute Gasteiger partial charge is 0.699 e. The Balaban J connectivity index is 0.000000167. The number of allylic oxidation sites excluding steroid dienone is 9. The molecule has 8 N–H and O–H groups in total. The van der Waals surface area contributed by atoms with Crippen LogP contribution in [-0.4, -0.2) is 63.4 Å². The zero-order chi connectivity index (χ0) is 73.9. The number of aryl methyl sites for hydroxylation is 5. The van der Waals surface area contributed by atoms with Gasteiger partial charge in [0.2, 0.25) is 5.91 Å². The Morgan fingerprint density at radius 3 is 1.25 bits per heavy atom. The van der Waals surface area contributed by atoms with Gasteiger partial charge in [-0.25, -0.2) is 9.64 Å². The summed E-state index contributed by atoms with van der Waals surface area (Å²) in [5.41, 5.74) is 31.5. The summed E-state index contributed by atoms with van der Waals surface area (Å²) in [4.78, 5) is 111. The fourth-order valence-corrected chi connectivity index (χ4v) is 13.5. The number of nitrogen functional groups attached to an aromatic ring is 1. The molecule has 3 amide bonds. The van der Waals surface area contributed by atoms with Crippen molar-refractivity contribution in [1.82, 2.24) is 0 Å². The molecule has 1 saturated carbocycles.